The summed E-state index contributed by atoms with van der Waals surface area (Å²) in [6.07, 6.45) is 1.50. The molecule has 2 aromatic heterocycles. The molecule has 0 spiro atoms. The molecular weight excluding hydrogens is 356 g/mol. The SMILES string of the molecule is CC(CO)Nc1nc(=O)[nH]c2ccc(Nc3ccnc(Cl)c3C#N)cc12. The Morgan fingerprint density at radius 3 is 2.96 bits per heavy atom. The van der Waals surface area contributed by atoms with E-state index in [1.54, 1.807) is 31.2 Å². The van der Waals surface area contributed by atoms with E-state index >= 15 is 0 Å². The van der Waals surface area contributed by atoms with Crippen LogP contribution >= 0.6 is 11.6 Å². The summed E-state index contributed by atoms with van der Waals surface area (Å²) in [6.45, 7) is 1.67. The third-order valence-electron chi connectivity index (χ3n) is 3.68. The summed E-state index contributed by atoms with van der Waals surface area (Å²) in [7, 11) is 0. The quantitative estimate of drug-likeness (QED) is 0.508. The molecule has 8 nitrogen and oxygen atoms in total. The molecule has 26 heavy (non-hydrogen) atoms. The van der Waals surface area contributed by atoms with Crippen LogP contribution in [0.1, 0.15) is 12.5 Å². The van der Waals surface area contributed by atoms with Crippen molar-refractivity contribution < 1.29 is 5.11 Å². The van der Waals surface area contributed by atoms with Crippen molar-refractivity contribution in [3.8, 4) is 6.07 Å². The molecule has 0 aliphatic heterocycles. The minimum Gasteiger partial charge on any atom is -0.394 e. The second-order valence-electron chi connectivity index (χ2n) is 5.64. The maximum atomic E-state index is 11.7. The van der Waals surface area contributed by atoms with Crippen LogP contribution in [0.5, 0.6) is 0 Å². The molecule has 0 aliphatic rings. The van der Waals surface area contributed by atoms with Crippen molar-refractivity contribution in [2.24, 2.45) is 0 Å². The van der Waals surface area contributed by atoms with Gasteiger partial charge in [-0.2, -0.15) is 10.2 Å². The first-order chi connectivity index (χ1) is 12.5. The second kappa shape index (κ2) is 7.39. The largest absolute Gasteiger partial charge is 0.394 e. The third-order valence-corrected chi connectivity index (χ3v) is 3.97. The van der Waals surface area contributed by atoms with Gasteiger partial charge in [0.1, 0.15) is 22.6 Å². The van der Waals surface area contributed by atoms with E-state index in [1.165, 1.54) is 6.20 Å². The Kier molecular flexibility index (Phi) is 5.02. The number of hydrogen-bond donors (Lipinski definition) is 4. The first kappa shape index (κ1) is 17.7. The number of pyridine rings is 1. The van der Waals surface area contributed by atoms with Crippen LogP contribution in [-0.2, 0) is 0 Å². The average molecular weight is 371 g/mol. The standard InChI is InChI=1S/C17H15ClN6O2/c1-9(8-25)21-16-11-6-10(2-3-13(11)23-17(26)24-16)22-14-4-5-20-15(18)12(14)7-19/h2-6,9,25H,8H2,1H3,(H,20,22)(H2,21,23,24,26). The molecule has 0 radical (unpaired) electrons. The van der Waals surface area contributed by atoms with Crippen molar-refractivity contribution >= 4 is 39.7 Å². The van der Waals surface area contributed by atoms with Gasteiger partial charge in [0.05, 0.1) is 17.8 Å². The zero-order chi connectivity index (χ0) is 18.7. The summed E-state index contributed by atoms with van der Waals surface area (Å²) in [5.74, 6) is 0.363. The maximum absolute atomic E-state index is 11.7. The van der Waals surface area contributed by atoms with E-state index in [2.05, 4.69) is 25.6 Å². The molecule has 0 bridgehead atoms. The van der Waals surface area contributed by atoms with Crippen molar-refractivity contribution in [2.75, 3.05) is 17.2 Å². The number of nitrogens with one attached hydrogen (secondary N) is 3. The summed E-state index contributed by atoms with van der Waals surface area (Å²) in [4.78, 5) is 22.2. The fourth-order valence-electron chi connectivity index (χ4n) is 2.42. The zero-order valence-corrected chi connectivity index (χ0v) is 14.5. The van der Waals surface area contributed by atoms with E-state index in [4.69, 9.17) is 11.6 Å². The van der Waals surface area contributed by atoms with E-state index in [0.717, 1.165) is 0 Å². The topological polar surface area (TPSA) is 127 Å². The van der Waals surface area contributed by atoms with Crippen LogP contribution in [0.4, 0.5) is 17.2 Å². The predicted octanol–water partition coefficient (Wildman–Crippen LogP) is 2.38. The van der Waals surface area contributed by atoms with Crippen molar-refractivity contribution in [3.05, 3.63) is 51.7 Å². The molecule has 132 valence electrons. The lowest BCUT2D eigenvalue weighted by atomic mass is 10.2. The Bertz CT molecular complexity index is 1060. The van der Waals surface area contributed by atoms with Gasteiger partial charge in [0.15, 0.2) is 0 Å². The molecule has 1 atom stereocenters. The molecule has 0 saturated heterocycles. The van der Waals surface area contributed by atoms with Gasteiger partial charge in [0.2, 0.25) is 0 Å². The first-order valence-electron chi connectivity index (χ1n) is 7.75. The minimum atomic E-state index is -0.487. The molecule has 9 heteroatoms. The smallest absolute Gasteiger partial charge is 0.347 e. The van der Waals surface area contributed by atoms with Gasteiger partial charge >= 0.3 is 5.69 Å². The fourth-order valence-corrected chi connectivity index (χ4v) is 2.62. The van der Waals surface area contributed by atoms with Gasteiger partial charge in [-0.25, -0.2) is 9.78 Å². The molecule has 0 fully saturated rings. The number of nitrogens with zero attached hydrogens (tertiary/aromatic N) is 3. The van der Waals surface area contributed by atoms with E-state index in [-0.39, 0.29) is 23.4 Å². The molecule has 3 rings (SSSR count). The van der Waals surface area contributed by atoms with Crippen molar-refractivity contribution in [1.82, 2.24) is 15.0 Å². The number of aromatic nitrogens is 3. The lowest BCUT2D eigenvalue weighted by Crippen LogP contribution is -2.23. The molecule has 1 unspecified atom stereocenters. The normalized spacial score (nSPS) is 11.8. The maximum Gasteiger partial charge on any atom is 0.347 e. The molecular formula is C17H15ClN6O2. The van der Waals surface area contributed by atoms with Gasteiger partial charge in [0.25, 0.3) is 0 Å². The number of aliphatic hydroxyl groups is 1. The molecule has 0 aliphatic carbocycles. The van der Waals surface area contributed by atoms with Crippen molar-refractivity contribution in [1.29, 1.82) is 5.26 Å². The van der Waals surface area contributed by atoms with Gasteiger partial charge in [0, 0.05) is 23.3 Å². The van der Waals surface area contributed by atoms with E-state index < -0.39 is 5.69 Å². The number of benzene rings is 1. The van der Waals surface area contributed by atoms with Crippen LogP contribution in [-0.4, -0.2) is 32.7 Å². The van der Waals surface area contributed by atoms with Crippen molar-refractivity contribution in [3.63, 3.8) is 0 Å². The molecule has 2 heterocycles. The summed E-state index contributed by atoms with van der Waals surface area (Å²) in [6, 6.07) is 8.65. The number of H-pyrrole nitrogens is 1. The Labute approximate surface area is 153 Å². The van der Waals surface area contributed by atoms with Crippen LogP contribution in [0, 0.1) is 11.3 Å². The molecule has 4 N–H and O–H groups in total. The van der Waals surface area contributed by atoms with E-state index in [0.29, 0.717) is 28.1 Å². The number of hydrogen-bond acceptors (Lipinski definition) is 7. The van der Waals surface area contributed by atoms with Gasteiger partial charge in [-0.3, -0.25) is 0 Å². The number of halogens is 1. The number of anilines is 3. The second-order valence-corrected chi connectivity index (χ2v) is 6.00. The van der Waals surface area contributed by atoms with Gasteiger partial charge in [-0.05, 0) is 31.2 Å². The molecule has 3 aromatic rings. The highest BCUT2D eigenvalue weighted by Gasteiger charge is 2.11. The Morgan fingerprint density at radius 2 is 2.23 bits per heavy atom. The summed E-state index contributed by atoms with van der Waals surface area (Å²) in [5.41, 5.74) is 1.53. The molecule has 0 saturated carbocycles. The fraction of sp³-hybridized carbons (Fsp3) is 0.176. The third kappa shape index (κ3) is 3.59. The van der Waals surface area contributed by atoms with E-state index in [9.17, 15) is 15.2 Å². The number of fused-ring (bicyclic) bond motifs is 1. The number of rotatable bonds is 5. The average Bonchev–Trinajstić information content (AvgIpc) is 2.62. The number of aromatic amines is 1. The Hall–Kier alpha value is -3.15. The van der Waals surface area contributed by atoms with Crippen LogP contribution < -0.4 is 16.3 Å². The van der Waals surface area contributed by atoms with Gasteiger partial charge < -0.3 is 20.7 Å². The summed E-state index contributed by atoms with van der Waals surface area (Å²) >= 11 is 5.95. The van der Waals surface area contributed by atoms with Crippen LogP contribution in [0.3, 0.4) is 0 Å². The molecule has 0 amide bonds. The first-order valence-corrected chi connectivity index (χ1v) is 8.12. The van der Waals surface area contributed by atoms with Gasteiger partial charge in [-0.15, -0.1) is 0 Å². The highest BCUT2D eigenvalue weighted by molar-refractivity contribution is 6.31. The van der Waals surface area contributed by atoms with Crippen LogP contribution in [0.25, 0.3) is 10.9 Å². The van der Waals surface area contributed by atoms with E-state index in [1.807, 2.05) is 6.07 Å². The highest BCUT2D eigenvalue weighted by Crippen LogP contribution is 2.28. The lowest BCUT2D eigenvalue weighted by Gasteiger charge is -2.14. The molecule has 1 aromatic carbocycles. The summed E-state index contributed by atoms with van der Waals surface area (Å²) in [5, 5.41) is 25.4. The predicted molar refractivity (Wildman–Crippen MR) is 99.8 cm³/mol. The number of nitriles is 1. The Morgan fingerprint density at radius 1 is 1.42 bits per heavy atom. The lowest BCUT2D eigenvalue weighted by molar-refractivity contribution is 0.281. The monoisotopic (exact) mass is 370 g/mol. The Balaban J connectivity index is 2.05. The van der Waals surface area contributed by atoms with Crippen LogP contribution in [0.2, 0.25) is 5.15 Å². The zero-order valence-electron chi connectivity index (χ0n) is 13.7. The number of aliphatic hydroxyl groups excluding tert-OH is 1. The minimum absolute atomic E-state index is 0.102. The van der Waals surface area contributed by atoms with Gasteiger partial charge in [-0.1, -0.05) is 11.6 Å². The summed E-state index contributed by atoms with van der Waals surface area (Å²) < 4.78 is 0. The van der Waals surface area contributed by atoms with Crippen molar-refractivity contribution in [2.45, 2.75) is 13.0 Å². The van der Waals surface area contributed by atoms with Crippen LogP contribution in [0.15, 0.2) is 35.3 Å². The highest BCUT2D eigenvalue weighted by atomic mass is 35.5.